The molecule has 0 aromatic heterocycles. The van der Waals surface area contributed by atoms with Crippen molar-refractivity contribution in [3.63, 3.8) is 0 Å². The van der Waals surface area contributed by atoms with Gasteiger partial charge in [-0.05, 0) is 52.7 Å². The first-order chi connectivity index (χ1) is 8.69. The summed E-state index contributed by atoms with van der Waals surface area (Å²) in [7, 11) is 0. The van der Waals surface area contributed by atoms with E-state index in [1.807, 2.05) is 27.7 Å². The van der Waals surface area contributed by atoms with Gasteiger partial charge in [-0.1, -0.05) is 23.8 Å². The first-order valence-corrected chi connectivity index (χ1v) is 6.51. The van der Waals surface area contributed by atoms with Crippen LogP contribution in [-0.2, 0) is 4.74 Å². The molecule has 0 saturated heterocycles. The van der Waals surface area contributed by atoms with Crippen molar-refractivity contribution < 1.29 is 9.53 Å². The van der Waals surface area contributed by atoms with Crippen molar-refractivity contribution >= 4 is 6.09 Å². The number of amides is 1. The predicted molar refractivity (Wildman–Crippen MR) is 76.8 cm³/mol. The molecule has 0 aliphatic rings. The third-order valence-corrected chi connectivity index (χ3v) is 2.68. The lowest BCUT2D eigenvalue weighted by Crippen LogP contribution is -2.42. The van der Waals surface area contributed by atoms with Gasteiger partial charge >= 0.3 is 6.09 Å². The molecule has 0 aliphatic heterocycles. The molecule has 0 aliphatic carbocycles. The summed E-state index contributed by atoms with van der Waals surface area (Å²) in [4.78, 5) is 11.5. The number of nitrogens with one attached hydrogen (secondary N) is 2. The number of ether oxygens (including phenoxy) is 1. The number of hydrazine groups is 1. The van der Waals surface area contributed by atoms with E-state index in [1.54, 1.807) is 0 Å². The Balaban J connectivity index is 2.56. The second-order valence-electron chi connectivity index (χ2n) is 5.85. The summed E-state index contributed by atoms with van der Waals surface area (Å²) in [5, 5.41) is 0. The molecule has 1 atom stereocenters. The largest absolute Gasteiger partial charge is 0.443 e. The highest BCUT2D eigenvalue weighted by Gasteiger charge is 2.16. The molecule has 1 unspecified atom stereocenters. The minimum atomic E-state index is -0.491. The van der Waals surface area contributed by atoms with Crippen molar-refractivity contribution in [2.45, 2.75) is 53.2 Å². The van der Waals surface area contributed by atoms with Crippen LogP contribution in [0.5, 0.6) is 0 Å². The molecule has 0 saturated carbocycles. The smallest absolute Gasteiger partial charge is 0.422 e. The summed E-state index contributed by atoms with van der Waals surface area (Å²) in [6, 6.07) is 6.28. The van der Waals surface area contributed by atoms with E-state index in [0.29, 0.717) is 0 Å². The SMILES string of the molecule is Cc1ccc(C(C)NNC(=O)OC(C)(C)C)c(C)c1. The predicted octanol–water partition coefficient (Wildman–Crippen LogP) is 3.39. The number of hydrogen-bond donors (Lipinski definition) is 2. The Morgan fingerprint density at radius 1 is 1.26 bits per heavy atom. The first kappa shape index (κ1) is 15.5. The van der Waals surface area contributed by atoms with E-state index in [0.717, 1.165) is 5.56 Å². The zero-order valence-electron chi connectivity index (χ0n) is 12.6. The Morgan fingerprint density at radius 2 is 1.89 bits per heavy atom. The third kappa shape index (κ3) is 5.30. The van der Waals surface area contributed by atoms with Gasteiger partial charge in [0.05, 0.1) is 0 Å². The van der Waals surface area contributed by atoms with Crippen LogP contribution in [0, 0.1) is 13.8 Å². The second-order valence-corrected chi connectivity index (χ2v) is 5.85. The fourth-order valence-corrected chi connectivity index (χ4v) is 1.86. The Morgan fingerprint density at radius 3 is 2.42 bits per heavy atom. The van der Waals surface area contributed by atoms with Crippen molar-refractivity contribution in [1.82, 2.24) is 10.9 Å². The molecule has 0 bridgehead atoms. The third-order valence-electron chi connectivity index (χ3n) is 2.68. The maximum absolute atomic E-state index is 11.5. The van der Waals surface area contributed by atoms with Crippen molar-refractivity contribution in [1.29, 1.82) is 0 Å². The zero-order chi connectivity index (χ0) is 14.6. The van der Waals surface area contributed by atoms with Gasteiger partial charge in [-0.3, -0.25) is 5.43 Å². The Labute approximate surface area is 115 Å². The van der Waals surface area contributed by atoms with Gasteiger partial charge in [-0.15, -0.1) is 0 Å². The van der Waals surface area contributed by atoms with Crippen LogP contribution in [0.3, 0.4) is 0 Å². The van der Waals surface area contributed by atoms with E-state index < -0.39 is 11.7 Å². The van der Waals surface area contributed by atoms with Crippen molar-refractivity contribution in [2.24, 2.45) is 0 Å². The number of benzene rings is 1. The van der Waals surface area contributed by atoms with E-state index in [1.165, 1.54) is 11.1 Å². The second kappa shape index (κ2) is 6.06. The molecule has 2 N–H and O–H groups in total. The highest BCUT2D eigenvalue weighted by Crippen LogP contribution is 2.18. The van der Waals surface area contributed by atoms with Gasteiger partial charge in [-0.25, -0.2) is 10.2 Å². The number of rotatable bonds is 3. The number of aryl methyl sites for hydroxylation is 2. The minimum absolute atomic E-state index is 0.0214. The van der Waals surface area contributed by atoms with E-state index in [2.05, 4.69) is 42.9 Å². The molecule has 0 fully saturated rings. The van der Waals surface area contributed by atoms with Crippen molar-refractivity contribution in [3.05, 3.63) is 34.9 Å². The van der Waals surface area contributed by atoms with Gasteiger partial charge in [0.25, 0.3) is 0 Å². The van der Waals surface area contributed by atoms with Crippen LogP contribution in [-0.4, -0.2) is 11.7 Å². The topological polar surface area (TPSA) is 50.4 Å². The summed E-state index contributed by atoms with van der Waals surface area (Å²) in [6.45, 7) is 11.6. The summed E-state index contributed by atoms with van der Waals surface area (Å²) >= 11 is 0. The van der Waals surface area contributed by atoms with Crippen LogP contribution in [0.15, 0.2) is 18.2 Å². The Bertz CT molecular complexity index is 450. The zero-order valence-corrected chi connectivity index (χ0v) is 12.6. The molecule has 0 spiro atoms. The monoisotopic (exact) mass is 264 g/mol. The molecule has 1 aromatic rings. The first-order valence-electron chi connectivity index (χ1n) is 6.51. The van der Waals surface area contributed by atoms with E-state index >= 15 is 0 Å². The molecule has 1 amide bonds. The van der Waals surface area contributed by atoms with Crippen LogP contribution in [0.2, 0.25) is 0 Å². The summed E-state index contributed by atoms with van der Waals surface area (Å²) < 4.78 is 5.16. The normalized spacial score (nSPS) is 12.9. The molecule has 0 radical (unpaired) electrons. The van der Waals surface area contributed by atoms with Crippen LogP contribution < -0.4 is 10.9 Å². The van der Waals surface area contributed by atoms with Gasteiger partial charge in [0, 0.05) is 6.04 Å². The fraction of sp³-hybridized carbons (Fsp3) is 0.533. The standard InChI is InChI=1S/C15H24N2O2/c1-10-7-8-13(11(2)9-10)12(3)16-17-14(18)19-15(4,5)6/h7-9,12,16H,1-6H3,(H,17,18). The summed E-state index contributed by atoms with van der Waals surface area (Å²) in [5.41, 5.74) is 8.62. The fourth-order valence-electron chi connectivity index (χ4n) is 1.86. The Hall–Kier alpha value is -1.55. The number of carbonyl (C=O) groups is 1. The summed E-state index contributed by atoms with van der Waals surface area (Å²) in [5.74, 6) is 0. The molecule has 1 aromatic carbocycles. The van der Waals surface area contributed by atoms with Crippen LogP contribution in [0.4, 0.5) is 4.79 Å². The minimum Gasteiger partial charge on any atom is -0.443 e. The molecule has 106 valence electrons. The van der Waals surface area contributed by atoms with Crippen molar-refractivity contribution in [2.75, 3.05) is 0 Å². The number of carbonyl (C=O) groups excluding carboxylic acids is 1. The molecular formula is C15H24N2O2. The van der Waals surface area contributed by atoms with Gasteiger partial charge < -0.3 is 4.74 Å². The van der Waals surface area contributed by atoms with E-state index in [4.69, 9.17) is 4.74 Å². The van der Waals surface area contributed by atoms with Gasteiger partial charge in [-0.2, -0.15) is 0 Å². The van der Waals surface area contributed by atoms with E-state index in [-0.39, 0.29) is 6.04 Å². The molecule has 4 nitrogen and oxygen atoms in total. The lowest BCUT2D eigenvalue weighted by molar-refractivity contribution is 0.0489. The average Bonchev–Trinajstić information content (AvgIpc) is 2.23. The van der Waals surface area contributed by atoms with Gasteiger partial charge in [0.1, 0.15) is 5.60 Å². The maximum Gasteiger partial charge on any atom is 0.422 e. The quantitative estimate of drug-likeness (QED) is 0.823. The maximum atomic E-state index is 11.5. The average molecular weight is 264 g/mol. The van der Waals surface area contributed by atoms with Crippen LogP contribution >= 0.6 is 0 Å². The Kier molecular flexibility index (Phi) is 4.95. The molecule has 1 rings (SSSR count). The number of hydrogen-bond acceptors (Lipinski definition) is 3. The van der Waals surface area contributed by atoms with Crippen molar-refractivity contribution in [3.8, 4) is 0 Å². The van der Waals surface area contributed by atoms with Gasteiger partial charge in [0.2, 0.25) is 0 Å². The lowest BCUT2D eigenvalue weighted by atomic mass is 10.0. The highest BCUT2D eigenvalue weighted by atomic mass is 16.6. The van der Waals surface area contributed by atoms with Crippen LogP contribution in [0.1, 0.15) is 50.4 Å². The molecule has 19 heavy (non-hydrogen) atoms. The van der Waals surface area contributed by atoms with Gasteiger partial charge in [0.15, 0.2) is 0 Å². The summed E-state index contributed by atoms with van der Waals surface area (Å²) in [6.07, 6.45) is -0.468. The molecule has 0 heterocycles. The van der Waals surface area contributed by atoms with Crippen LogP contribution in [0.25, 0.3) is 0 Å². The lowest BCUT2D eigenvalue weighted by Gasteiger charge is -2.22. The molecular weight excluding hydrogens is 240 g/mol. The van der Waals surface area contributed by atoms with E-state index in [9.17, 15) is 4.79 Å². The molecule has 4 heteroatoms. The highest BCUT2D eigenvalue weighted by molar-refractivity contribution is 5.67.